The number of carbonyl (C=O) groups excluding carboxylic acids is 2. The predicted octanol–water partition coefficient (Wildman–Crippen LogP) is 5.22. The van der Waals surface area contributed by atoms with Crippen LogP contribution in [0.15, 0.2) is 77.1 Å². The molecule has 0 saturated carbocycles. The molecule has 172 valence electrons. The summed E-state index contributed by atoms with van der Waals surface area (Å²) >= 11 is 0. The second kappa shape index (κ2) is 9.26. The number of hydrogen-bond donors (Lipinski definition) is 1. The Morgan fingerprint density at radius 2 is 1.79 bits per heavy atom. The number of aryl methyl sites for hydroxylation is 1. The van der Waals surface area contributed by atoms with Crippen molar-refractivity contribution in [1.82, 2.24) is 5.32 Å². The molecule has 2 aromatic rings. The number of ketones is 1. The standard InChI is InChI=1S/C28H31NO4/c1-18-9-8-10-20(15-18)25-24(27(31)33-14-13-32-21-11-6-5-7-12-21)19(2)29-22-16-28(3,4)17-23(30)26(22)25/h5-12,15,25,29H,13-14,16-17H2,1-4H3/t25-/m0/s1. The molecule has 5 nitrogen and oxygen atoms in total. The van der Waals surface area contributed by atoms with Crippen molar-refractivity contribution in [1.29, 1.82) is 0 Å². The Morgan fingerprint density at radius 1 is 1.03 bits per heavy atom. The van der Waals surface area contributed by atoms with Crippen molar-refractivity contribution in [3.05, 3.63) is 88.3 Å². The van der Waals surface area contributed by atoms with Gasteiger partial charge in [-0.1, -0.05) is 61.9 Å². The summed E-state index contributed by atoms with van der Waals surface area (Å²) in [4.78, 5) is 26.6. The van der Waals surface area contributed by atoms with Gasteiger partial charge in [-0.05, 0) is 43.4 Å². The number of dihydropyridines is 1. The van der Waals surface area contributed by atoms with Gasteiger partial charge in [-0.15, -0.1) is 0 Å². The van der Waals surface area contributed by atoms with Crippen molar-refractivity contribution in [3.8, 4) is 5.75 Å². The van der Waals surface area contributed by atoms with E-state index in [4.69, 9.17) is 9.47 Å². The van der Waals surface area contributed by atoms with E-state index >= 15 is 0 Å². The van der Waals surface area contributed by atoms with Gasteiger partial charge in [0, 0.05) is 29.3 Å². The number of allylic oxidation sites excluding steroid dienone is 3. The predicted molar refractivity (Wildman–Crippen MR) is 128 cm³/mol. The fourth-order valence-corrected chi connectivity index (χ4v) is 4.78. The Bertz CT molecular complexity index is 1130. The lowest BCUT2D eigenvalue weighted by atomic mass is 9.68. The van der Waals surface area contributed by atoms with Gasteiger partial charge in [0.15, 0.2) is 5.78 Å². The van der Waals surface area contributed by atoms with Gasteiger partial charge in [-0.3, -0.25) is 4.79 Å². The molecule has 0 saturated heterocycles. The van der Waals surface area contributed by atoms with E-state index in [-0.39, 0.29) is 24.4 Å². The molecule has 1 N–H and O–H groups in total. The summed E-state index contributed by atoms with van der Waals surface area (Å²) in [7, 11) is 0. The van der Waals surface area contributed by atoms with Crippen LogP contribution >= 0.6 is 0 Å². The van der Waals surface area contributed by atoms with Crippen LogP contribution in [0, 0.1) is 12.3 Å². The molecular formula is C28H31NO4. The van der Waals surface area contributed by atoms with Crippen molar-refractivity contribution in [2.75, 3.05) is 13.2 Å². The van der Waals surface area contributed by atoms with Gasteiger partial charge in [-0.2, -0.15) is 0 Å². The van der Waals surface area contributed by atoms with Crippen molar-refractivity contribution in [3.63, 3.8) is 0 Å². The van der Waals surface area contributed by atoms with E-state index in [9.17, 15) is 9.59 Å². The van der Waals surface area contributed by atoms with Crippen molar-refractivity contribution in [2.45, 2.75) is 46.5 Å². The zero-order valence-electron chi connectivity index (χ0n) is 19.7. The molecule has 33 heavy (non-hydrogen) atoms. The lowest BCUT2D eigenvalue weighted by Gasteiger charge is -2.39. The molecule has 0 fully saturated rings. The molecule has 0 unspecified atom stereocenters. The lowest BCUT2D eigenvalue weighted by molar-refractivity contribution is -0.140. The molecule has 0 spiro atoms. The Balaban J connectivity index is 1.60. The zero-order valence-corrected chi connectivity index (χ0v) is 19.7. The number of para-hydroxylation sites is 1. The third kappa shape index (κ3) is 5.03. The summed E-state index contributed by atoms with van der Waals surface area (Å²) in [6, 6.07) is 17.4. The topological polar surface area (TPSA) is 64.6 Å². The van der Waals surface area contributed by atoms with Crippen LogP contribution in [0.25, 0.3) is 0 Å². The fourth-order valence-electron chi connectivity index (χ4n) is 4.78. The van der Waals surface area contributed by atoms with Crippen LogP contribution in [0.5, 0.6) is 5.75 Å². The minimum Gasteiger partial charge on any atom is -0.490 e. The second-order valence-electron chi connectivity index (χ2n) is 9.64. The van der Waals surface area contributed by atoms with Crippen molar-refractivity contribution < 1.29 is 19.1 Å². The summed E-state index contributed by atoms with van der Waals surface area (Å²) in [6.45, 7) is 8.49. The van der Waals surface area contributed by atoms with E-state index in [0.717, 1.165) is 34.7 Å². The van der Waals surface area contributed by atoms with Crippen molar-refractivity contribution >= 4 is 11.8 Å². The first-order valence-corrected chi connectivity index (χ1v) is 11.4. The molecule has 0 radical (unpaired) electrons. The Hall–Kier alpha value is -3.34. The molecule has 0 amide bonds. The van der Waals surface area contributed by atoms with Crippen LogP contribution in [0.4, 0.5) is 0 Å². The number of hydrogen-bond acceptors (Lipinski definition) is 5. The van der Waals surface area contributed by atoms with Gasteiger partial charge < -0.3 is 14.8 Å². The van der Waals surface area contributed by atoms with Crippen LogP contribution in [-0.4, -0.2) is 25.0 Å². The first kappa shape index (κ1) is 22.8. The number of ether oxygens (including phenoxy) is 2. The average molecular weight is 446 g/mol. The maximum atomic E-state index is 13.3. The van der Waals surface area contributed by atoms with Crippen molar-refractivity contribution in [2.24, 2.45) is 5.41 Å². The van der Waals surface area contributed by atoms with Crippen LogP contribution in [0.2, 0.25) is 0 Å². The second-order valence-corrected chi connectivity index (χ2v) is 9.64. The van der Waals surface area contributed by atoms with E-state index in [0.29, 0.717) is 17.6 Å². The number of carbonyl (C=O) groups is 2. The Kier molecular flexibility index (Phi) is 6.41. The Morgan fingerprint density at radius 3 is 2.52 bits per heavy atom. The highest BCUT2D eigenvalue weighted by Crippen LogP contribution is 2.46. The first-order valence-electron chi connectivity index (χ1n) is 11.4. The van der Waals surface area contributed by atoms with Gasteiger partial charge in [-0.25, -0.2) is 4.79 Å². The molecule has 2 aromatic carbocycles. The molecule has 0 bridgehead atoms. The quantitative estimate of drug-likeness (QED) is 0.488. The van der Waals surface area contributed by atoms with Gasteiger partial charge in [0.25, 0.3) is 0 Å². The maximum Gasteiger partial charge on any atom is 0.336 e. The van der Waals surface area contributed by atoms with E-state index in [1.807, 2.05) is 68.4 Å². The molecule has 2 aliphatic rings. The van der Waals surface area contributed by atoms with Gasteiger partial charge in [0.1, 0.15) is 19.0 Å². The maximum absolute atomic E-state index is 13.3. The van der Waals surface area contributed by atoms with E-state index in [2.05, 4.69) is 19.2 Å². The van der Waals surface area contributed by atoms with Crippen LogP contribution in [0.1, 0.15) is 50.7 Å². The molecule has 1 atom stereocenters. The highest BCUT2D eigenvalue weighted by molar-refractivity contribution is 6.04. The minimum atomic E-state index is -0.438. The van der Waals surface area contributed by atoms with E-state index < -0.39 is 11.9 Å². The fraction of sp³-hybridized carbons (Fsp3) is 0.357. The highest BCUT2D eigenvalue weighted by atomic mass is 16.6. The third-order valence-corrected chi connectivity index (χ3v) is 6.16. The lowest BCUT2D eigenvalue weighted by Crippen LogP contribution is -2.38. The number of benzene rings is 2. The minimum absolute atomic E-state index is 0.0884. The molecule has 1 heterocycles. The molecule has 0 aromatic heterocycles. The monoisotopic (exact) mass is 445 g/mol. The smallest absolute Gasteiger partial charge is 0.336 e. The third-order valence-electron chi connectivity index (χ3n) is 6.16. The normalized spacial score (nSPS) is 19.6. The van der Waals surface area contributed by atoms with Crippen LogP contribution < -0.4 is 10.1 Å². The van der Waals surface area contributed by atoms with Gasteiger partial charge >= 0.3 is 5.97 Å². The van der Waals surface area contributed by atoms with E-state index in [1.54, 1.807) is 0 Å². The number of nitrogens with one attached hydrogen (secondary N) is 1. The summed E-state index contributed by atoms with van der Waals surface area (Å²) in [5.41, 5.74) is 4.74. The molecule has 4 rings (SSSR count). The van der Waals surface area contributed by atoms with Crippen LogP contribution in [-0.2, 0) is 14.3 Å². The van der Waals surface area contributed by atoms with Crippen LogP contribution in [0.3, 0.4) is 0 Å². The van der Waals surface area contributed by atoms with Gasteiger partial charge in [0.2, 0.25) is 0 Å². The molecular weight excluding hydrogens is 414 g/mol. The summed E-state index contributed by atoms with van der Waals surface area (Å²) in [6.07, 6.45) is 1.23. The summed E-state index contributed by atoms with van der Waals surface area (Å²) in [5, 5.41) is 3.37. The SMILES string of the molecule is CC1=C(C(=O)OCCOc2ccccc2)[C@H](c2cccc(C)c2)C2=C(CC(C)(C)CC2=O)N1. The Labute approximate surface area is 195 Å². The largest absolute Gasteiger partial charge is 0.490 e. The van der Waals surface area contributed by atoms with E-state index in [1.165, 1.54) is 0 Å². The zero-order chi connectivity index (χ0) is 23.6. The number of esters is 1. The summed E-state index contributed by atoms with van der Waals surface area (Å²) in [5.74, 6) is -0.0451. The number of Topliss-reactive ketones (excluding diaryl/α,β-unsaturated/α-hetero) is 1. The summed E-state index contributed by atoms with van der Waals surface area (Å²) < 4.78 is 11.3. The average Bonchev–Trinajstić information content (AvgIpc) is 2.75. The van der Waals surface area contributed by atoms with Gasteiger partial charge in [0.05, 0.1) is 5.57 Å². The molecule has 1 aliphatic heterocycles. The highest BCUT2D eigenvalue weighted by Gasteiger charge is 2.43. The molecule has 1 aliphatic carbocycles. The number of rotatable bonds is 6. The first-order chi connectivity index (χ1) is 15.7. The molecule has 5 heteroatoms.